The van der Waals surface area contributed by atoms with Crippen LogP contribution in [0, 0.1) is 0 Å². The van der Waals surface area contributed by atoms with Gasteiger partial charge in [-0.1, -0.05) is 37.3 Å². The Bertz CT molecular complexity index is 723. The number of amides is 1. The summed E-state index contributed by atoms with van der Waals surface area (Å²) in [7, 11) is 2.98. The van der Waals surface area contributed by atoms with Crippen molar-refractivity contribution in [2.45, 2.75) is 12.8 Å². The maximum Gasteiger partial charge on any atom is 0.338 e. The van der Waals surface area contributed by atoms with E-state index in [1.54, 1.807) is 6.07 Å². The topological polar surface area (TPSA) is 73.9 Å². The van der Waals surface area contributed by atoms with Crippen molar-refractivity contribution in [3.8, 4) is 11.5 Å². The number of methoxy groups -OCH3 is 2. The maximum absolute atomic E-state index is 12.1. The molecular weight excluding hydrogens is 334 g/mol. The van der Waals surface area contributed by atoms with Gasteiger partial charge in [0.25, 0.3) is 5.91 Å². The molecule has 0 radical (unpaired) electrons. The van der Waals surface area contributed by atoms with Crippen molar-refractivity contribution >= 4 is 11.9 Å². The molecular formula is C20H23NO5. The summed E-state index contributed by atoms with van der Waals surface area (Å²) >= 11 is 0. The minimum Gasteiger partial charge on any atom is -0.497 e. The molecule has 2 aromatic rings. The average molecular weight is 357 g/mol. The number of hydrogen-bond donors (Lipinski definition) is 1. The van der Waals surface area contributed by atoms with Gasteiger partial charge < -0.3 is 19.5 Å². The van der Waals surface area contributed by atoms with Gasteiger partial charge in [0.2, 0.25) is 0 Å². The lowest BCUT2D eigenvalue weighted by Gasteiger charge is -2.13. The Morgan fingerprint density at radius 1 is 1.00 bits per heavy atom. The fraction of sp³-hybridized carbons (Fsp3) is 0.300. The molecule has 2 aromatic carbocycles. The number of nitrogens with one attached hydrogen (secondary N) is 1. The van der Waals surface area contributed by atoms with Crippen molar-refractivity contribution in [2.75, 3.05) is 27.4 Å². The summed E-state index contributed by atoms with van der Waals surface area (Å²) in [5.41, 5.74) is 1.39. The van der Waals surface area contributed by atoms with Gasteiger partial charge in [-0.05, 0) is 23.6 Å². The summed E-state index contributed by atoms with van der Waals surface area (Å²) in [6.07, 6.45) is 0. The van der Waals surface area contributed by atoms with Crippen LogP contribution >= 0.6 is 0 Å². The average Bonchev–Trinajstić information content (AvgIpc) is 2.70. The van der Waals surface area contributed by atoms with Crippen LogP contribution in [0.2, 0.25) is 0 Å². The zero-order chi connectivity index (χ0) is 18.9. The van der Waals surface area contributed by atoms with E-state index in [-0.39, 0.29) is 24.0 Å². The number of esters is 1. The molecule has 26 heavy (non-hydrogen) atoms. The Morgan fingerprint density at radius 3 is 2.19 bits per heavy atom. The van der Waals surface area contributed by atoms with E-state index in [1.165, 1.54) is 26.4 Å². The summed E-state index contributed by atoms with van der Waals surface area (Å²) in [4.78, 5) is 24.1. The van der Waals surface area contributed by atoms with Gasteiger partial charge in [0.05, 0.1) is 19.8 Å². The number of carbonyl (C=O) groups is 2. The van der Waals surface area contributed by atoms with Gasteiger partial charge in [-0.25, -0.2) is 4.79 Å². The van der Waals surface area contributed by atoms with Crippen LogP contribution in [0.15, 0.2) is 48.5 Å². The predicted octanol–water partition coefficient (Wildman–Crippen LogP) is 2.78. The maximum atomic E-state index is 12.1. The molecule has 0 aliphatic heterocycles. The van der Waals surface area contributed by atoms with E-state index in [2.05, 4.69) is 5.32 Å². The van der Waals surface area contributed by atoms with Crippen LogP contribution in [0.1, 0.15) is 28.8 Å². The van der Waals surface area contributed by atoms with Crippen LogP contribution in [0.4, 0.5) is 0 Å². The summed E-state index contributed by atoms with van der Waals surface area (Å²) in [5.74, 6) is 0.137. The number of rotatable bonds is 8. The third kappa shape index (κ3) is 5.51. The van der Waals surface area contributed by atoms with Crippen LogP contribution in [0.25, 0.3) is 0 Å². The number of hydrogen-bond acceptors (Lipinski definition) is 5. The largest absolute Gasteiger partial charge is 0.497 e. The Labute approximate surface area is 153 Å². The van der Waals surface area contributed by atoms with Crippen molar-refractivity contribution in [1.82, 2.24) is 5.32 Å². The highest BCUT2D eigenvalue weighted by Gasteiger charge is 2.14. The molecule has 6 heteroatoms. The van der Waals surface area contributed by atoms with Crippen molar-refractivity contribution in [2.24, 2.45) is 0 Å². The Hall–Kier alpha value is -3.02. The number of benzene rings is 2. The van der Waals surface area contributed by atoms with Crippen molar-refractivity contribution in [1.29, 1.82) is 0 Å². The molecule has 1 N–H and O–H groups in total. The molecule has 0 aromatic heterocycles. The normalized spacial score (nSPS) is 11.3. The molecule has 0 saturated carbocycles. The Morgan fingerprint density at radius 2 is 1.62 bits per heavy atom. The molecule has 0 spiro atoms. The second-order valence-electron chi connectivity index (χ2n) is 5.79. The lowest BCUT2D eigenvalue weighted by Crippen LogP contribution is -2.31. The number of ether oxygens (including phenoxy) is 3. The monoisotopic (exact) mass is 357 g/mol. The molecule has 1 atom stereocenters. The number of carbonyl (C=O) groups excluding carboxylic acids is 2. The Balaban J connectivity index is 1.84. The van der Waals surface area contributed by atoms with Crippen molar-refractivity contribution in [3.63, 3.8) is 0 Å². The van der Waals surface area contributed by atoms with Gasteiger partial charge >= 0.3 is 5.97 Å². The van der Waals surface area contributed by atoms with Crippen molar-refractivity contribution < 1.29 is 23.8 Å². The first-order valence-electron chi connectivity index (χ1n) is 8.25. The molecule has 138 valence electrons. The smallest absolute Gasteiger partial charge is 0.338 e. The van der Waals surface area contributed by atoms with E-state index < -0.39 is 5.97 Å². The SMILES string of the molecule is COc1cc(OC)cc(C(=O)OCC(=O)NC[C@@H](C)c2ccccc2)c1. The minimum absolute atomic E-state index is 0.165. The predicted molar refractivity (Wildman–Crippen MR) is 97.7 cm³/mol. The van der Waals surface area contributed by atoms with E-state index in [4.69, 9.17) is 14.2 Å². The fourth-order valence-corrected chi connectivity index (χ4v) is 2.36. The van der Waals surface area contributed by atoms with Crippen LogP contribution in [0.5, 0.6) is 11.5 Å². The molecule has 0 aliphatic carbocycles. The van der Waals surface area contributed by atoms with Gasteiger partial charge in [0.15, 0.2) is 6.61 Å². The first-order valence-corrected chi connectivity index (χ1v) is 8.25. The highest BCUT2D eigenvalue weighted by atomic mass is 16.5. The summed E-state index contributed by atoms with van der Waals surface area (Å²) in [5, 5.41) is 2.77. The van der Waals surface area contributed by atoms with Crippen molar-refractivity contribution in [3.05, 3.63) is 59.7 Å². The zero-order valence-electron chi connectivity index (χ0n) is 15.2. The van der Waals surface area contributed by atoms with Crippen LogP contribution in [0.3, 0.4) is 0 Å². The lowest BCUT2D eigenvalue weighted by molar-refractivity contribution is -0.124. The van der Waals surface area contributed by atoms with Crippen LogP contribution in [-0.2, 0) is 9.53 Å². The molecule has 0 aliphatic rings. The van der Waals surface area contributed by atoms with Crippen LogP contribution in [-0.4, -0.2) is 39.2 Å². The second-order valence-corrected chi connectivity index (χ2v) is 5.79. The summed E-state index contributed by atoms with van der Waals surface area (Å²) in [6.45, 7) is 2.14. The molecule has 1 amide bonds. The van der Waals surface area contributed by atoms with E-state index in [0.717, 1.165) is 5.56 Å². The van der Waals surface area contributed by atoms with Gasteiger partial charge in [0, 0.05) is 12.6 Å². The fourth-order valence-electron chi connectivity index (χ4n) is 2.36. The molecule has 2 rings (SSSR count). The van der Waals surface area contributed by atoms with E-state index >= 15 is 0 Å². The molecule has 0 saturated heterocycles. The molecule has 0 bridgehead atoms. The molecule has 0 fully saturated rings. The minimum atomic E-state index is -0.617. The highest BCUT2D eigenvalue weighted by Crippen LogP contribution is 2.23. The van der Waals surface area contributed by atoms with Crippen LogP contribution < -0.4 is 14.8 Å². The quantitative estimate of drug-likeness (QED) is 0.736. The standard InChI is InChI=1S/C20H23NO5/c1-14(15-7-5-4-6-8-15)12-21-19(22)13-26-20(23)16-9-17(24-2)11-18(10-16)25-3/h4-11,14H,12-13H2,1-3H3,(H,21,22)/t14-/m1/s1. The van der Waals surface area contributed by atoms with E-state index in [9.17, 15) is 9.59 Å². The molecule has 6 nitrogen and oxygen atoms in total. The van der Waals surface area contributed by atoms with Gasteiger partial charge in [-0.15, -0.1) is 0 Å². The van der Waals surface area contributed by atoms with Gasteiger partial charge in [0.1, 0.15) is 11.5 Å². The first-order chi connectivity index (χ1) is 12.5. The second kappa shape index (κ2) is 9.46. The summed E-state index contributed by atoms with van der Waals surface area (Å²) in [6, 6.07) is 14.6. The third-order valence-electron chi connectivity index (χ3n) is 3.90. The lowest BCUT2D eigenvalue weighted by atomic mass is 10.0. The molecule has 0 unspecified atom stereocenters. The van der Waals surface area contributed by atoms with Gasteiger partial charge in [-0.2, -0.15) is 0 Å². The third-order valence-corrected chi connectivity index (χ3v) is 3.90. The zero-order valence-corrected chi connectivity index (χ0v) is 15.2. The van der Waals surface area contributed by atoms with E-state index in [1.807, 2.05) is 37.3 Å². The Kier molecular flexibility index (Phi) is 7.02. The molecule has 0 heterocycles. The van der Waals surface area contributed by atoms with Gasteiger partial charge in [-0.3, -0.25) is 4.79 Å². The highest BCUT2D eigenvalue weighted by molar-refractivity contribution is 5.92. The summed E-state index contributed by atoms with van der Waals surface area (Å²) < 4.78 is 15.3. The first kappa shape index (κ1) is 19.3. The van der Waals surface area contributed by atoms with E-state index in [0.29, 0.717) is 18.0 Å².